The van der Waals surface area contributed by atoms with Gasteiger partial charge >= 0.3 is 0 Å². The number of amides is 8. The van der Waals surface area contributed by atoms with Crippen LogP contribution in [-0.4, -0.2) is 323 Å². The Kier molecular flexibility index (Phi) is 38.4. The zero-order chi connectivity index (χ0) is 65.8. The first-order valence-corrected chi connectivity index (χ1v) is 29.3. The maximum atomic E-state index is 13.6. The van der Waals surface area contributed by atoms with E-state index >= 15 is 0 Å². The normalized spacial score (nSPS) is 27.5. The third kappa shape index (κ3) is 29.0. The number of aliphatic hydroxyl groups is 9. The molecule has 0 spiro atoms. The minimum absolute atomic E-state index is 0.000298. The van der Waals surface area contributed by atoms with Crippen molar-refractivity contribution in [2.75, 3.05) is 126 Å². The van der Waals surface area contributed by atoms with Gasteiger partial charge in [0.1, 0.15) is 85.1 Å². The SMILES string of the molecule is COCCOCCC(=O)NC(CCCC(=O)NC(CCC(=O)NCCOCCOC1OC(CO)C(O)C(O)C1NC(C)=O)C(=O)NCCOCCOC1OC(CO)C(O)C(O)C1NC(C)=O)C(=O)NCCOCCOC1OC(CO)C(O)C(O)C1NC(C)=O. The van der Waals surface area contributed by atoms with Crippen molar-refractivity contribution in [2.24, 2.45) is 0 Å². The summed E-state index contributed by atoms with van der Waals surface area (Å²) >= 11 is 0. The monoisotopic (exact) mass is 1290 g/mol. The van der Waals surface area contributed by atoms with Gasteiger partial charge in [-0.2, -0.15) is 0 Å². The molecule has 0 aromatic heterocycles. The fourth-order valence-corrected chi connectivity index (χ4v) is 9.13. The summed E-state index contributed by atoms with van der Waals surface area (Å²) in [4.78, 5) is 102. The molecule has 17 N–H and O–H groups in total. The van der Waals surface area contributed by atoms with Crippen molar-refractivity contribution < 1.29 is 136 Å². The van der Waals surface area contributed by atoms with Crippen LogP contribution in [0.25, 0.3) is 0 Å². The lowest BCUT2D eigenvalue weighted by atomic mass is 9.97. The second-order valence-electron chi connectivity index (χ2n) is 20.7. The largest absolute Gasteiger partial charge is 0.394 e. The number of carbonyl (C=O) groups is 8. The van der Waals surface area contributed by atoms with E-state index in [1.165, 1.54) is 27.9 Å². The van der Waals surface area contributed by atoms with Crippen LogP contribution in [0.15, 0.2) is 0 Å². The van der Waals surface area contributed by atoms with Gasteiger partial charge in [-0.3, -0.25) is 38.4 Å². The standard InChI is InChI=1S/C53H94N8O28/c1-29(65)57-40-46(74)43(71)34(26-62)87-51(40)84-23-20-81-15-11-54-37(68)9-8-33(50(78)56-13-17-83-22-25-86-53-42(59-31(3)67)48(76)45(73)36(28-64)89-53)61-38(69)7-5-6-32(60-39(70)10-14-80-19-18-79-4)49(77)55-12-16-82-21-24-85-52-41(58-30(2)66)47(75)44(72)35(27-63)88-52/h32-36,40-48,51-53,62-64,71-76H,5-28H2,1-4H3,(H,54,68)(H,55,77)(H,56,78)(H,57,65)(H,58,66)(H,59,67)(H,60,70)(H,61,69). The first-order valence-electron chi connectivity index (χ1n) is 29.3. The fraction of sp³-hybridized carbons (Fsp3) is 0.849. The Morgan fingerprint density at radius 3 is 1.12 bits per heavy atom. The Balaban J connectivity index is 1.57. The third-order valence-electron chi connectivity index (χ3n) is 13.7. The molecule has 3 rings (SSSR count). The van der Waals surface area contributed by atoms with Crippen molar-refractivity contribution in [3.05, 3.63) is 0 Å². The van der Waals surface area contributed by atoms with Crippen molar-refractivity contribution in [1.82, 2.24) is 42.5 Å². The van der Waals surface area contributed by atoms with Crippen molar-refractivity contribution in [1.29, 1.82) is 0 Å². The molecule has 17 atom stereocenters. The minimum Gasteiger partial charge on any atom is -0.394 e. The average Bonchev–Trinajstić information content (AvgIpc) is 3.43. The summed E-state index contributed by atoms with van der Waals surface area (Å²) in [5.41, 5.74) is 0. The molecule has 0 aromatic carbocycles. The number of methoxy groups -OCH3 is 1. The van der Waals surface area contributed by atoms with Gasteiger partial charge in [-0.05, 0) is 19.3 Å². The van der Waals surface area contributed by atoms with Gasteiger partial charge < -0.3 is 141 Å². The summed E-state index contributed by atoms with van der Waals surface area (Å²) in [5.74, 6) is -4.64. The maximum absolute atomic E-state index is 13.6. The van der Waals surface area contributed by atoms with Crippen LogP contribution >= 0.6 is 0 Å². The van der Waals surface area contributed by atoms with E-state index in [1.807, 2.05) is 0 Å². The molecule has 36 nitrogen and oxygen atoms in total. The minimum atomic E-state index is -1.53. The van der Waals surface area contributed by atoms with Gasteiger partial charge in [-0.25, -0.2) is 0 Å². The first-order chi connectivity index (χ1) is 42.6. The Bertz CT molecular complexity index is 2110. The highest BCUT2D eigenvalue weighted by atomic mass is 16.7. The summed E-state index contributed by atoms with van der Waals surface area (Å²) in [6.45, 7) is 1.28. The zero-order valence-corrected chi connectivity index (χ0v) is 50.6. The van der Waals surface area contributed by atoms with E-state index in [-0.39, 0.29) is 137 Å². The smallest absolute Gasteiger partial charge is 0.242 e. The molecule has 0 saturated carbocycles. The van der Waals surface area contributed by atoms with Crippen molar-refractivity contribution in [3.8, 4) is 0 Å². The summed E-state index contributed by atoms with van der Waals surface area (Å²) in [5, 5.41) is 111. The van der Waals surface area contributed by atoms with E-state index in [2.05, 4.69) is 42.5 Å². The Morgan fingerprint density at radius 1 is 0.404 bits per heavy atom. The quantitative estimate of drug-likeness (QED) is 0.0252. The van der Waals surface area contributed by atoms with E-state index < -0.39 is 171 Å². The van der Waals surface area contributed by atoms with Crippen molar-refractivity contribution in [3.63, 3.8) is 0 Å². The molecule has 3 aliphatic heterocycles. The van der Waals surface area contributed by atoms with Gasteiger partial charge in [-0.15, -0.1) is 0 Å². The number of hydrogen-bond donors (Lipinski definition) is 17. The van der Waals surface area contributed by atoms with Crippen molar-refractivity contribution in [2.45, 2.75) is 163 Å². The topological polar surface area (TPSA) is 516 Å². The van der Waals surface area contributed by atoms with Gasteiger partial charge in [0, 0.05) is 66.8 Å². The number of rotatable bonds is 44. The molecular weight excluding hydrogens is 1200 g/mol. The molecule has 0 bridgehead atoms. The zero-order valence-electron chi connectivity index (χ0n) is 50.6. The molecule has 17 unspecified atom stereocenters. The van der Waals surface area contributed by atoms with Gasteiger partial charge in [0.2, 0.25) is 47.3 Å². The van der Waals surface area contributed by atoms with E-state index in [0.717, 1.165) is 0 Å². The first kappa shape index (κ1) is 78.2. The van der Waals surface area contributed by atoms with Crippen LogP contribution in [0.3, 0.4) is 0 Å². The molecule has 3 aliphatic rings. The van der Waals surface area contributed by atoms with Gasteiger partial charge in [0.25, 0.3) is 0 Å². The molecule has 0 radical (unpaired) electrons. The molecule has 3 heterocycles. The van der Waals surface area contributed by atoms with E-state index in [1.54, 1.807) is 0 Å². The number of nitrogens with one attached hydrogen (secondary N) is 8. The molecular formula is C53H94N8O28. The summed E-state index contributed by atoms with van der Waals surface area (Å²) in [7, 11) is 1.48. The van der Waals surface area contributed by atoms with E-state index in [4.69, 9.17) is 52.1 Å². The predicted molar refractivity (Wildman–Crippen MR) is 300 cm³/mol. The fourth-order valence-electron chi connectivity index (χ4n) is 9.13. The lowest BCUT2D eigenvalue weighted by molar-refractivity contribution is -0.272. The van der Waals surface area contributed by atoms with Gasteiger partial charge in [0.15, 0.2) is 18.9 Å². The number of aliphatic hydroxyl groups excluding tert-OH is 9. The highest BCUT2D eigenvalue weighted by Crippen LogP contribution is 2.25. The van der Waals surface area contributed by atoms with Crippen LogP contribution < -0.4 is 42.5 Å². The molecule has 3 fully saturated rings. The van der Waals surface area contributed by atoms with Gasteiger partial charge in [0.05, 0.1) is 99.1 Å². The molecule has 0 aromatic rings. The second kappa shape index (κ2) is 43.7. The molecule has 514 valence electrons. The van der Waals surface area contributed by atoms with Crippen LogP contribution in [-0.2, 0) is 90.5 Å². The summed E-state index contributed by atoms with van der Waals surface area (Å²) in [6, 6.07) is -5.93. The van der Waals surface area contributed by atoms with Crippen LogP contribution in [0.1, 0.15) is 59.3 Å². The third-order valence-corrected chi connectivity index (χ3v) is 13.7. The van der Waals surface area contributed by atoms with Gasteiger partial charge in [-0.1, -0.05) is 0 Å². The van der Waals surface area contributed by atoms with E-state index in [9.17, 15) is 84.3 Å². The highest BCUT2D eigenvalue weighted by molar-refractivity contribution is 5.89. The Hall–Kier alpha value is -5.04. The summed E-state index contributed by atoms with van der Waals surface area (Å²) in [6.07, 6.45) is -17.3. The summed E-state index contributed by atoms with van der Waals surface area (Å²) < 4.78 is 60.4. The predicted octanol–water partition coefficient (Wildman–Crippen LogP) is -9.76. The number of ether oxygens (including phenoxy) is 11. The Labute approximate surface area is 514 Å². The lowest BCUT2D eigenvalue weighted by Crippen LogP contribution is -2.64. The van der Waals surface area contributed by atoms with Crippen LogP contribution in [0, 0.1) is 0 Å². The Morgan fingerprint density at radius 2 is 0.753 bits per heavy atom. The maximum Gasteiger partial charge on any atom is 0.242 e. The van der Waals surface area contributed by atoms with Crippen LogP contribution in [0.4, 0.5) is 0 Å². The molecule has 0 aliphatic carbocycles. The molecule has 8 amide bonds. The number of carbonyl (C=O) groups excluding carboxylic acids is 8. The van der Waals surface area contributed by atoms with Crippen LogP contribution in [0.2, 0.25) is 0 Å². The molecule has 36 heteroatoms. The highest BCUT2D eigenvalue weighted by Gasteiger charge is 2.48. The number of hydrogen-bond acceptors (Lipinski definition) is 28. The van der Waals surface area contributed by atoms with Crippen LogP contribution in [0.5, 0.6) is 0 Å². The van der Waals surface area contributed by atoms with Crippen molar-refractivity contribution >= 4 is 47.3 Å². The molecule has 3 saturated heterocycles. The lowest BCUT2D eigenvalue weighted by Gasteiger charge is -2.42. The average molecular weight is 1290 g/mol. The second-order valence-corrected chi connectivity index (χ2v) is 20.7. The molecule has 89 heavy (non-hydrogen) atoms. The van der Waals surface area contributed by atoms with E-state index in [0.29, 0.717) is 0 Å².